The van der Waals surface area contributed by atoms with Crippen molar-refractivity contribution in [3.8, 4) is 5.75 Å². The molecule has 1 aromatic heterocycles. The van der Waals surface area contributed by atoms with Crippen LogP contribution in [-0.2, 0) is 48.0 Å². The standard InChI is InChI=1S/C41H56N8O8/c1-5-25(4)35(48-37(52)31(18-27-13-15-29(50)16-14-27)45-36(51)30(21-42)24(2)3)39(54)46-32(20-28-22-43-23-44-28)40(55)49-17-9-12-34(49)38(53)47-33(41(56)57)19-26-10-7-6-8-11-26/h6-8,10-11,13-16,22-25,30-35,50H,5,9,12,17-21,42H2,1-4H3,(H,43,44)(H,45,51)(H,46,54)(H,47,53)(H,48,52)(H,56,57)/t25-,30+,31-,32-,33-,34-,35-/m0/s1. The van der Waals surface area contributed by atoms with Gasteiger partial charge in [0.05, 0.1) is 12.2 Å². The van der Waals surface area contributed by atoms with Gasteiger partial charge in [-0.15, -0.1) is 0 Å². The van der Waals surface area contributed by atoms with E-state index in [1.165, 1.54) is 29.6 Å². The van der Waals surface area contributed by atoms with Gasteiger partial charge in [0.25, 0.3) is 0 Å². The van der Waals surface area contributed by atoms with Crippen molar-refractivity contribution in [3.63, 3.8) is 0 Å². The molecule has 1 aliphatic heterocycles. The smallest absolute Gasteiger partial charge is 0.326 e. The summed E-state index contributed by atoms with van der Waals surface area (Å²) in [6, 6.07) is 9.44. The van der Waals surface area contributed by atoms with E-state index in [-0.39, 0.29) is 44.0 Å². The third-order valence-electron chi connectivity index (χ3n) is 10.5. The van der Waals surface area contributed by atoms with Gasteiger partial charge in [-0.25, -0.2) is 9.78 Å². The minimum Gasteiger partial charge on any atom is -0.508 e. The van der Waals surface area contributed by atoms with Crippen LogP contribution >= 0.6 is 0 Å². The molecule has 0 unspecified atom stereocenters. The number of aromatic nitrogens is 2. The number of likely N-dealkylation sites (tertiary alicyclic amines) is 1. The van der Waals surface area contributed by atoms with Crippen LogP contribution in [0.15, 0.2) is 67.1 Å². The fraction of sp³-hybridized carbons (Fsp3) is 0.488. The Morgan fingerprint density at radius 3 is 2.09 bits per heavy atom. The highest BCUT2D eigenvalue weighted by Crippen LogP contribution is 2.21. The van der Waals surface area contributed by atoms with Crippen molar-refractivity contribution < 1.29 is 39.0 Å². The van der Waals surface area contributed by atoms with Gasteiger partial charge in [0.15, 0.2) is 0 Å². The van der Waals surface area contributed by atoms with E-state index in [0.717, 1.165) is 5.56 Å². The molecule has 57 heavy (non-hydrogen) atoms. The van der Waals surface area contributed by atoms with Crippen molar-refractivity contribution in [1.82, 2.24) is 36.1 Å². The first-order valence-electron chi connectivity index (χ1n) is 19.5. The Balaban J connectivity index is 1.56. The van der Waals surface area contributed by atoms with Crippen molar-refractivity contribution in [1.29, 1.82) is 0 Å². The number of phenolic OH excluding ortho intramolecular Hbond substituents is 1. The number of nitrogens with zero attached hydrogens (tertiary/aromatic N) is 2. The first-order valence-corrected chi connectivity index (χ1v) is 19.5. The van der Waals surface area contributed by atoms with Crippen LogP contribution in [0.25, 0.3) is 0 Å². The van der Waals surface area contributed by atoms with E-state index < -0.39 is 77.6 Å². The second kappa shape index (κ2) is 20.9. The highest BCUT2D eigenvalue weighted by atomic mass is 16.4. The van der Waals surface area contributed by atoms with Crippen LogP contribution in [0.1, 0.15) is 63.8 Å². The maximum Gasteiger partial charge on any atom is 0.326 e. The third-order valence-corrected chi connectivity index (χ3v) is 10.5. The normalized spacial score (nSPS) is 17.1. The highest BCUT2D eigenvalue weighted by molar-refractivity contribution is 5.96. The van der Waals surface area contributed by atoms with Crippen molar-refractivity contribution in [2.24, 2.45) is 23.5 Å². The van der Waals surface area contributed by atoms with Crippen LogP contribution in [0.4, 0.5) is 0 Å². The average molecular weight is 789 g/mol. The van der Waals surface area contributed by atoms with Crippen LogP contribution in [0.5, 0.6) is 5.75 Å². The topological polar surface area (TPSA) is 249 Å². The largest absolute Gasteiger partial charge is 0.508 e. The van der Waals surface area contributed by atoms with Gasteiger partial charge >= 0.3 is 5.97 Å². The second-order valence-electron chi connectivity index (χ2n) is 15.0. The molecule has 5 amide bonds. The number of aromatic amines is 1. The van der Waals surface area contributed by atoms with Gasteiger partial charge in [0.1, 0.15) is 36.0 Å². The molecular formula is C41H56N8O8. The summed E-state index contributed by atoms with van der Waals surface area (Å²) in [5.41, 5.74) is 7.80. The number of nitrogens with one attached hydrogen (secondary N) is 5. The molecule has 0 aliphatic carbocycles. The summed E-state index contributed by atoms with van der Waals surface area (Å²) in [5.74, 6) is -5.15. The zero-order valence-electron chi connectivity index (χ0n) is 32.9. The molecule has 1 saturated heterocycles. The summed E-state index contributed by atoms with van der Waals surface area (Å²) in [6.45, 7) is 7.60. The molecule has 2 aromatic carbocycles. The lowest BCUT2D eigenvalue weighted by molar-refractivity contribution is -0.145. The number of hydrogen-bond acceptors (Lipinski definition) is 9. The van der Waals surface area contributed by atoms with Crippen molar-refractivity contribution in [3.05, 3.63) is 83.9 Å². The van der Waals surface area contributed by atoms with Gasteiger partial charge in [-0.05, 0) is 47.9 Å². The van der Waals surface area contributed by atoms with Crippen molar-refractivity contribution >= 4 is 35.5 Å². The molecule has 0 bridgehead atoms. The number of phenols is 1. The number of benzene rings is 2. The van der Waals surface area contributed by atoms with E-state index in [0.29, 0.717) is 30.5 Å². The van der Waals surface area contributed by atoms with E-state index in [1.807, 2.05) is 20.8 Å². The predicted octanol–water partition coefficient (Wildman–Crippen LogP) is 1.44. The number of carbonyl (C=O) groups excluding carboxylic acids is 5. The first kappa shape index (κ1) is 44.0. The fourth-order valence-electron chi connectivity index (χ4n) is 6.89. The van der Waals surface area contributed by atoms with Gasteiger partial charge in [-0.2, -0.15) is 0 Å². The minimum atomic E-state index is -1.23. The first-order chi connectivity index (χ1) is 27.2. The van der Waals surface area contributed by atoms with Gasteiger partial charge in [0, 0.05) is 44.2 Å². The Morgan fingerprint density at radius 2 is 1.49 bits per heavy atom. The molecule has 16 nitrogen and oxygen atoms in total. The maximum absolute atomic E-state index is 14.3. The summed E-state index contributed by atoms with van der Waals surface area (Å²) in [6.07, 6.45) is 4.27. The van der Waals surface area contributed by atoms with Crippen LogP contribution in [0, 0.1) is 17.8 Å². The fourth-order valence-corrected chi connectivity index (χ4v) is 6.89. The molecule has 0 saturated carbocycles. The Kier molecular flexibility index (Phi) is 16.2. The van der Waals surface area contributed by atoms with E-state index in [1.54, 1.807) is 49.4 Å². The lowest BCUT2D eigenvalue weighted by Gasteiger charge is -2.32. The lowest BCUT2D eigenvalue weighted by atomic mass is 9.93. The molecule has 7 atom stereocenters. The summed E-state index contributed by atoms with van der Waals surface area (Å²) in [7, 11) is 0. The summed E-state index contributed by atoms with van der Waals surface area (Å²) >= 11 is 0. The molecule has 2 heterocycles. The quantitative estimate of drug-likeness (QED) is 0.0818. The molecule has 0 spiro atoms. The number of aliphatic carboxylic acids is 1. The Bertz CT molecular complexity index is 1800. The maximum atomic E-state index is 14.3. The average Bonchev–Trinajstić information content (AvgIpc) is 3.90. The lowest BCUT2D eigenvalue weighted by Crippen LogP contribution is -2.60. The Hall–Kier alpha value is -5.77. The van der Waals surface area contributed by atoms with Gasteiger partial charge in [0.2, 0.25) is 29.5 Å². The number of amides is 5. The number of carboxylic acid groups (broad SMARTS) is 1. The highest BCUT2D eigenvalue weighted by Gasteiger charge is 2.40. The predicted molar refractivity (Wildman–Crippen MR) is 211 cm³/mol. The van der Waals surface area contributed by atoms with Gasteiger partial charge in [-0.1, -0.05) is 76.6 Å². The minimum absolute atomic E-state index is 0.0163. The van der Waals surface area contributed by atoms with Gasteiger partial charge < -0.3 is 47.1 Å². The number of carboxylic acids is 1. The number of carbonyl (C=O) groups is 6. The Morgan fingerprint density at radius 1 is 0.842 bits per heavy atom. The molecular weight excluding hydrogens is 732 g/mol. The zero-order valence-corrected chi connectivity index (χ0v) is 32.9. The summed E-state index contributed by atoms with van der Waals surface area (Å²) in [4.78, 5) is 90.1. The third kappa shape index (κ3) is 12.4. The van der Waals surface area contributed by atoms with Crippen molar-refractivity contribution in [2.75, 3.05) is 13.1 Å². The molecule has 3 aromatic rings. The number of hydrogen-bond donors (Lipinski definition) is 8. The van der Waals surface area contributed by atoms with E-state index in [2.05, 4.69) is 31.2 Å². The SMILES string of the molecule is CC[C@H](C)[C@H](NC(=O)[C@H](Cc1ccc(O)cc1)NC(=O)[C@H](CN)C(C)C)C(=O)N[C@@H](Cc1cnc[nH]1)C(=O)N1CCC[C@H]1C(=O)N[C@@H](Cc1ccccc1)C(=O)O. The van der Waals surface area contributed by atoms with Crippen LogP contribution in [0.3, 0.4) is 0 Å². The number of imidazole rings is 1. The van der Waals surface area contributed by atoms with Crippen LogP contribution < -0.4 is 27.0 Å². The van der Waals surface area contributed by atoms with E-state index in [9.17, 15) is 39.0 Å². The number of nitrogens with two attached hydrogens (primary N) is 1. The monoisotopic (exact) mass is 788 g/mol. The summed E-state index contributed by atoms with van der Waals surface area (Å²) in [5, 5.41) is 30.8. The van der Waals surface area contributed by atoms with Crippen LogP contribution in [0.2, 0.25) is 0 Å². The Labute approximate surface area is 332 Å². The van der Waals surface area contributed by atoms with Crippen molar-refractivity contribution in [2.45, 2.75) is 96.4 Å². The molecule has 4 rings (SSSR count). The molecule has 9 N–H and O–H groups in total. The summed E-state index contributed by atoms with van der Waals surface area (Å²) < 4.78 is 0. The van der Waals surface area contributed by atoms with E-state index >= 15 is 0 Å². The number of aromatic hydroxyl groups is 1. The van der Waals surface area contributed by atoms with Crippen LogP contribution in [-0.4, -0.2) is 104 Å². The molecule has 0 radical (unpaired) electrons. The molecule has 1 fully saturated rings. The molecule has 16 heteroatoms. The van der Waals surface area contributed by atoms with E-state index in [4.69, 9.17) is 5.73 Å². The van der Waals surface area contributed by atoms with Gasteiger partial charge in [-0.3, -0.25) is 24.0 Å². The molecule has 1 aliphatic rings. The number of H-pyrrole nitrogens is 1. The molecule has 308 valence electrons. The zero-order chi connectivity index (χ0) is 41.6. The number of rotatable bonds is 20. The second-order valence-corrected chi connectivity index (χ2v) is 15.0.